The molecule has 1 saturated heterocycles. The van der Waals surface area contributed by atoms with Crippen LogP contribution in [0.4, 0.5) is 5.69 Å². The fourth-order valence-corrected chi connectivity index (χ4v) is 2.94. The van der Waals surface area contributed by atoms with Gasteiger partial charge >= 0.3 is 5.76 Å². The van der Waals surface area contributed by atoms with Crippen LogP contribution in [0.3, 0.4) is 0 Å². The second-order valence-corrected chi connectivity index (χ2v) is 5.40. The normalized spacial score (nSPS) is 18.9. The summed E-state index contributed by atoms with van der Waals surface area (Å²) in [5, 5.41) is 5.95. The number of aryl methyl sites for hydroxylation is 1. The Bertz CT molecular complexity index is 685. The van der Waals surface area contributed by atoms with Crippen molar-refractivity contribution in [1.82, 2.24) is 9.88 Å². The molecule has 2 N–H and O–H groups in total. The van der Waals surface area contributed by atoms with Crippen LogP contribution < -0.4 is 16.4 Å². The van der Waals surface area contributed by atoms with E-state index < -0.39 is 5.76 Å². The number of oxazole rings is 1. The Morgan fingerprint density at radius 2 is 2.42 bits per heavy atom. The summed E-state index contributed by atoms with van der Waals surface area (Å²) in [7, 11) is 1.63. The quantitative estimate of drug-likeness (QED) is 0.847. The van der Waals surface area contributed by atoms with Crippen molar-refractivity contribution in [3.05, 3.63) is 28.7 Å². The topological polar surface area (TPSA) is 76.3 Å². The molecule has 0 radical (unpaired) electrons. The number of nitrogens with one attached hydrogen (secondary N) is 2. The Morgan fingerprint density at radius 3 is 3.16 bits per heavy atom. The molecule has 0 aliphatic carbocycles. The molecule has 2 heterocycles. The molecule has 0 saturated carbocycles. The van der Waals surface area contributed by atoms with Crippen molar-refractivity contribution < 1.29 is 9.21 Å². The van der Waals surface area contributed by atoms with Gasteiger partial charge in [0.25, 0.3) is 0 Å². The number of thioether (sulfide) groups is 1. The number of carbonyl (C=O) groups is 1. The first kappa shape index (κ1) is 12.3. The molecule has 1 fully saturated rings. The Balaban J connectivity index is 1.86. The summed E-state index contributed by atoms with van der Waals surface area (Å²) in [6.07, 6.45) is 0. The summed E-state index contributed by atoms with van der Waals surface area (Å²) >= 11 is 1.70. The molecular formula is C12H13N3O3S. The van der Waals surface area contributed by atoms with Gasteiger partial charge in [-0.15, -0.1) is 11.8 Å². The highest BCUT2D eigenvalue weighted by atomic mass is 32.2. The lowest BCUT2D eigenvalue weighted by Crippen LogP contribution is -2.37. The molecule has 1 aromatic heterocycles. The van der Waals surface area contributed by atoms with E-state index in [1.54, 1.807) is 37.0 Å². The molecular weight excluding hydrogens is 266 g/mol. The van der Waals surface area contributed by atoms with Crippen LogP contribution in [0.15, 0.2) is 27.4 Å². The molecule has 1 aromatic carbocycles. The molecule has 1 amide bonds. The van der Waals surface area contributed by atoms with E-state index >= 15 is 0 Å². The van der Waals surface area contributed by atoms with Crippen LogP contribution in [-0.2, 0) is 11.8 Å². The van der Waals surface area contributed by atoms with Crippen molar-refractivity contribution in [2.75, 3.05) is 16.9 Å². The van der Waals surface area contributed by atoms with E-state index in [-0.39, 0.29) is 11.9 Å². The third-order valence-corrected chi connectivity index (χ3v) is 4.03. The zero-order valence-electron chi connectivity index (χ0n) is 10.3. The molecule has 0 spiro atoms. The van der Waals surface area contributed by atoms with Gasteiger partial charge < -0.3 is 9.73 Å². The fraction of sp³-hybridized carbons (Fsp3) is 0.333. The Hall–Kier alpha value is -1.73. The van der Waals surface area contributed by atoms with Crippen molar-refractivity contribution in [3.8, 4) is 0 Å². The van der Waals surface area contributed by atoms with Gasteiger partial charge in [0.15, 0.2) is 5.58 Å². The van der Waals surface area contributed by atoms with Gasteiger partial charge in [-0.2, -0.15) is 0 Å². The minimum atomic E-state index is -0.410. The van der Waals surface area contributed by atoms with E-state index in [4.69, 9.17) is 4.42 Å². The molecule has 100 valence electrons. The zero-order valence-corrected chi connectivity index (χ0v) is 11.1. The number of rotatable bonds is 2. The third kappa shape index (κ3) is 2.26. The lowest BCUT2D eigenvalue weighted by Gasteiger charge is -2.10. The van der Waals surface area contributed by atoms with Crippen molar-refractivity contribution in [1.29, 1.82) is 0 Å². The van der Waals surface area contributed by atoms with Gasteiger partial charge in [0.1, 0.15) is 0 Å². The Morgan fingerprint density at radius 1 is 1.58 bits per heavy atom. The van der Waals surface area contributed by atoms with E-state index in [0.717, 1.165) is 11.6 Å². The minimum absolute atomic E-state index is 0.0576. The molecule has 3 rings (SSSR count). The molecule has 2 aromatic rings. The molecule has 1 aliphatic heterocycles. The number of hydrogen-bond donors (Lipinski definition) is 2. The number of anilines is 1. The number of aromatic nitrogens is 1. The van der Waals surface area contributed by atoms with Gasteiger partial charge in [-0.05, 0) is 18.2 Å². The number of hydrogen-bond acceptors (Lipinski definition) is 5. The maximum absolute atomic E-state index is 12.0. The molecule has 1 aliphatic rings. The Labute approximate surface area is 113 Å². The highest BCUT2D eigenvalue weighted by Gasteiger charge is 2.22. The van der Waals surface area contributed by atoms with Crippen LogP contribution >= 0.6 is 11.8 Å². The van der Waals surface area contributed by atoms with E-state index in [2.05, 4.69) is 10.6 Å². The standard InChI is InChI=1S/C12H13N3O3S/c1-15-9-4-7(2-3-10(9)18-12(15)17)14-11(16)8-5-19-6-13-8/h2-4,8,13H,5-6H2,1H3,(H,14,16). The molecule has 0 bridgehead atoms. The van der Waals surface area contributed by atoms with Gasteiger partial charge in [-0.3, -0.25) is 14.7 Å². The summed E-state index contributed by atoms with van der Waals surface area (Å²) in [4.78, 5) is 23.3. The average molecular weight is 279 g/mol. The summed E-state index contributed by atoms with van der Waals surface area (Å²) in [6.45, 7) is 0. The maximum Gasteiger partial charge on any atom is 0.419 e. The molecule has 1 atom stereocenters. The van der Waals surface area contributed by atoms with Gasteiger partial charge in [-0.25, -0.2) is 4.79 Å². The van der Waals surface area contributed by atoms with Gasteiger partial charge in [0, 0.05) is 24.4 Å². The van der Waals surface area contributed by atoms with Crippen LogP contribution in [-0.4, -0.2) is 28.1 Å². The van der Waals surface area contributed by atoms with Crippen molar-refractivity contribution in [2.45, 2.75) is 6.04 Å². The van der Waals surface area contributed by atoms with Crippen LogP contribution in [0.5, 0.6) is 0 Å². The van der Waals surface area contributed by atoms with Crippen molar-refractivity contribution in [3.63, 3.8) is 0 Å². The summed E-state index contributed by atoms with van der Waals surface area (Å²) in [5.74, 6) is 1.11. The van der Waals surface area contributed by atoms with Crippen molar-refractivity contribution >= 4 is 34.5 Å². The summed E-state index contributed by atoms with van der Waals surface area (Å²) < 4.78 is 6.45. The summed E-state index contributed by atoms with van der Waals surface area (Å²) in [6, 6.07) is 4.99. The minimum Gasteiger partial charge on any atom is -0.408 e. The lowest BCUT2D eigenvalue weighted by atomic mass is 10.2. The molecule has 7 heteroatoms. The smallest absolute Gasteiger partial charge is 0.408 e. The first-order valence-electron chi connectivity index (χ1n) is 5.87. The lowest BCUT2D eigenvalue weighted by molar-refractivity contribution is -0.117. The Kier molecular flexibility index (Phi) is 3.08. The first-order valence-corrected chi connectivity index (χ1v) is 7.02. The van der Waals surface area contributed by atoms with Crippen LogP contribution in [0, 0.1) is 0 Å². The highest BCUT2D eigenvalue weighted by Crippen LogP contribution is 2.19. The van der Waals surface area contributed by atoms with Crippen molar-refractivity contribution in [2.24, 2.45) is 7.05 Å². The van der Waals surface area contributed by atoms with Gasteiger partial charge in [0.2, 0.25) is 5.91 Å². The van der Waals surface area contributed by atoms with E-state index in [1.807, 2.05) is 0 Å². The summed E-state index contributed by atoms with van der Waals surface area (Å²) in [5.41, 5.74) is 1.84. The molecule has 6 nitrogen and oxygen atoms in total. The third-order valence-electron chi connectivity index (χ3n) is 3.09. The maximum atomic E-state index is 12.0. The second-order valence-electron chi connectivity index (χ2n) is 4.37. The first-order chi connectivity index (χ1) is 9.15. The zero-order chi connectivity index (χ0) is 13.4. The number of benzene rings is 1. The number of nitrogens with zero attached hydrogens (tertiary/aromatic N) is 1. The number of carbonyl (C=O) groups excluding carboxylic acids is 1. The monoisotopic (exact) mass is 279 g/mol. The second kappa shape index (κ2) is 4.75. The SMILES string of the molecule is Cn1c(=O)oc2ccc(NC(=O)C3CSCN3)cc21. The number of fused-ring (bicyclic) bond motifs is 1. The molecule has 19 heavy (non-hydrogen) atoms. The van der Waals surface area contributed by atoms with Crippen LogP contribution in [0.2, 0.25) is 0 Å². The highest BCUT2D eigenvalue weighted by molar-refractivity contribution is 7.99. The predicted molar refractivity (Wildman–Crippen MR) is 74.3 cm³/mol. The van der Waals surface area contributed by atoms with Crippen LogP contribution in [0.1, 0.15) is 0 Å². The average Bonchev–Trinajstić information content (AvgIpc) is 3.01. The van der Waals surface area contributed by atoms with Crippen LogP contribution in [0.25, 0.3) is 11.1 Å². The van der Waals surface area contributed by atoms with E-state index in [0.29, 0.717) is 16.8 Å². The van der Waals surface area contributed by atoms with E-state index in [9.17, 15) is 9.59 Å². The van der Waals surface area contributed by atoms with Gasteiger partial charge in [-0.1, -0.05) is 0 Å². The largest absolute Gasteiger partial charge is 0.419 e. The van der Waals surface area contributed by atoms with Gasteiger partial charge in [0.05, 0.1) is 11.6 Å². The number of amides is 1. The fourth-order valence-electron chi connectivity index (χ4n) is 2.00. The molecule has 1 unspecified atom stereocenters. The predicted octanol–water partition coefficient (Wildman–Crippen LogP) is 0.732. The van der Waals surface area contributed by atoms with E-state index in [1.165, 1.54) is 4.57 Å².